The summed E-state index contributed by atoms with van der Waals surface area (Å²) in [6, 6.07) is 5.60. The van der Waals surface area contributed by atoms with Gasteiger partial charge in [-0.25, -0.2) is 4.68 Å². The van der Waals surface area contributed by atoms with E-state index in [1.165, 1.54) is 0 Å². The Bertz CT molecular complexity index is 985. The SMILES string of the molecule is CCCCCOc1ccc([C@@H]2C3=C(CCCC3=O)Nc3nc(SCC)nn32)cc1OC. The molecule has 0 saturated carbocycles. The number of unbranched alkanes of at least 4 members (excludes halogenated alkanes) is 2. The van der Waals surface area contributed by atoms with E-state index in [-0.39, 0.29) is 11.8 Å². The lowest BCUT2D eigenvalue weighted by Crippen LogP contribution is -2.31. The molecule has 0 radical (unpaired) electrons. The van der Waals surface area contributed by atoms with E-state index < -0.39 is 0 Å². The second-order valence-electron chi connectivity index (χ2n) is 7.76. The molecule has 1 aromatic carbocycles. The second-order valence-corrected chi connectivity index (χ2v) is 8.99. The Kier molecular flexibility index (Phi) is 6.85. The molecule has 2 aliphatic rings. The third-order valence-electron chi connectivity index (χ3n) is 5.63. The Morgan fingerprint density at radius 3 is 2.87 bits per heavy atom. The number of nitrogens with one attached hydrogen (secondary N) is 1. The number of ether oxygens (including phenoxy) is 2. The molecule has 1 aliphatic carbocycles. The van der Waals surface area contributed by atoms with Gasteiger partial charge in [-0.05, 0) is 42.7 Å². The van der Waals surface area contributed by atoms with Gasteiger partial charge in [0.2, 0.25) is 11.1 Å². The molecule has 0 spiro atoms. The number of aromatic nitrogens is 3. The highest BCUT2D eigenvalue weighted by Gasteiger charge is 2.37. The van der Waals surface area contributed by atoms with Crippen LogP contribution in [0.25, 0.3) is 0 Å². The van der Waals surface area contributed by atoms with Crippen LogP contribution >= 0.6 is 11.8 Å². The number of hydrogen-bond acceptors (Lipinski definition) is 7. The Hall–Kier alpha value is -2.48. The van der Waals surface area contributed by atoms with Gasteiger partial charge in [0.15, 0.2) is 17.3 Å². The molecular weight excluding hydrogens is 412 g/mol. The molecule has 1 atom stereocenters. The zero-order valence-electron chi connectivity index (χ0n) is 18.4. The molecule has 8 heteroatoms. The quantitative estimate of drug-likeness (QED) is 0.433. The van der Waals surface area contributed by atoms with Gasteiger partial charge in [-0.3, -0.25) is 4.79 Å². The zero-order valence-corrected chi connectivity index (χ0v) is 19.3. The first-order chi connectivity index (χ1) is 15.2. The fourth-order valence-electron chi connectivity index (χ4n) is 4.14. The van der Waals surface area contributed by atoms with Crippen molar-refractivity contribution >= 4 is 23.5 Å². The summed E-state index contributed by atoms with van der Waals surface area (Å²) in [5.41, 5.74) is 2.70. The summed E-state index contributed by atoms with van der Waals surface area (Å²) >= 11 is 1.59. The zero-order chi connectivity index (χ0) is 21.8. The molecule has 2 heterocycles. The van der Waals surface area contributed by atoms with Crippen molar-refractivity contribution < 1.29 is 14.3 Å². The highest BCUT2D eigenvalue weighted by Crippen LogP contribution is 2.42. The number of anilines is 1. The molecular formula is C23H30N4O3S. The molecule has 0 bridgehead atoms. The van der Waals surface area contributed by atoms with Crippen LogP contribution in [0, 0.1) is 0 Å². The van der Waals surface area contributed by atoms with Crippen molar-refractivity contribution in [3.05, 3.63) is 35.0 Å². The molecule has 1 N–H and O–H groups in total. The van der Waals surface area contributed by atoms with Gasteiger partial charge in [0.05, 0.1) is 13.7 Å². The lowest BCUT2D eigenvalue weighted by molar-refractivity contribution is -0.116. The fraction of sp³-hybridized carbons (Fsp3) is 0.522. The number of rotatable bonds is 9. The fourth-order valence-corrected chi connectivity index (χ4v) is 4.70. The van der Waals surface area contributed by atoms with Crippen LogP contribution in [0.1, 0.15) is 64.0 Å². The third-order valence-corrected chi connectivity index (χ3v) is 6.35. The molecule has 0 fully saturated rings. The topological polar surface area (TPSA) is 78.3 Å². The highest BCUT2D eigenvalue weighted by molar-refractivity contribution is 7.99. The van der Waals surface area contributed by atoms with Crippen molar-refractivity contribution in [3.63, 3.8) is 0 Å². The number of hydrogen-bond donors (Lipinski definition) is 1. The van der Waals surface area contributed by atoms with Crippen LogP contribution in [0.15, 0.2) is 34.6 Å². The van der Waals surface area contributed by atoms with Crippen LogP contribution in [0.4, 0.5) is 5.95 Å². The van der Waals surface area contributed by atoms with Crippen LogP contribution in [0.3, 0.4) is 0 Å². The van der Waals surface area contributed by atoms with Gasteiger partial charge < -0.3 is 14.8 Å². The van der Waals surface area contributed by atoms with Crippen molar-refractivity contribution in [2.75, 3.05) is 24.8 Å². The molecule has 7 nitrogen and oxygen atoms in total. The van der Waals surface area contributed by atoms with Crippen LogP contribution in [0.5, 0.6) is 11.5 Å². The predicted octanol–water partition coefficient (Wildman–Crippen LogP) is 4.99. The van der Waals surface area contributed by atoms with Crippen LogP contribution in [-0.2, 0) is 4.79 Å². The van der Waals surface area contributed by atoms with E-state index in [9.17, 15) is 4.79 Å². The van der Waals surface area contributed by atoms with Gasteiger partial charge in [0.25, 0.3) is 0 Å². The summed E-state index contributed by atoms with van der Waals surface area (Å²) in [4.78, 5) is 17.6. The first-order valence-electron chi connectivity index (χ1n) is 11.1. The average molecular weight is 443 g/mol. The van der Waals surface area contributed by atoms with E-state index in [2.05, 4.69) is 24.1 Å². The lowest BCUT2D eigenvalue weighted by Gasteiger charge is -2.32. The van der Waals surface area contributed by atoms with Crippen molar-refractivity contribution in [2.24, 2.45) is 0 Å². The minimum Gasteiger partial charge on any atom is -0.493 e. The van der Waals surface area contributed by atoms with Crippen LogP contribution in [0.2, 0.25) is 0 Å². The maximum atomic E-state index is 13.0. The maximum Gasteiger partial charge on any atom is 0.227 e. The lowest BCUT2D eigenvalue weighted by atomic mass is 9.85. The van der Waals surface area contributed by atoms with Gasteiger partial charge >= 0.3 is 0 Å². The Balaban J connectivity index is 1.72. The number of benzene rings is 1. The number of fused-ring (bicyclic) bond motifs is 1. The van der Waals surface area contributed by atoms with E-state index in [1.54, 1.807) is 18.9 Å². The van der Waals surface area contributed by atoms with E-state index >= 15 is 0 Å². The smallest absolute Gasteiger partial charge is 0.227 e. The highest BCUT2D eigenvalue weighted by atomic mass is 32.2. The molecule has 166 valence electrons. The summed E-state index contributed by atoms with van der Waals surface area (Å²) in [6.07, 6.45) is 5.57. The number of carbonyl (C=O) groups excluding carboxylic acids is 1. The van der Waals surface area contributed by atoms with Crippen molar-refractivity contribution in [1.82, 2.24) is 14.8 Å². The Labute approximate surface area is 187 Å². The van der Waals surface area contributed by atoms with Crippen LogP contribution < -0.4 is 14.8 Å². The van der Waals surface area contributed by atoms with Crippen LogP contribution in [-0.4, -0.2) is 40.0 Å². The van der Waals surface area contributed by atoms with Crippen molar-refractivity contribution in [2.45, 2.75) is 63.6 Å². The molecule has 0 amide bonds. The summed E-state index contributed by atoms with van der Waals surface area (Å²) in [5, 5.41) is 8.80. The van der Waals surface area contributed by atoms with Gasteiger partial charge in [-0.15, -0.1) is 5.10 Å². The van der Waals surface area contributed by atoms with Gasteiger partial charge in [0.1, 0.15) is 6.04 Å². The third kappa shape index (κ3) is 4.44. The molecule has 4 rings (SSSR count). The number of Topliss-reactive ketones (excluding diaryl/α,β-unsaturated/α-hetero) is 1. The summed E-state index contributed by atoms with van der Waals surface area (Å²) < 4.78 is 13.4. The van der Waals surface area contributed by atoms with Crippen molar-refractivity contribution in [3.8, 4) is 11.5 Å². The number of allylic oxidation sites excluding steroid dienone is 2. The molecule has 0 saturated heterocycles. The normalized spacial score (nSPS) is 17.8. The minimum absolute atomic E-state index is 0.170. The second kappa shape index (κ2) is 9.77. The Morgan fingerprint density at radius 2 is 2.10 bits per heavy atom. The number of ketones is 1. The van der Waals surface area contributed by atoms with Crippen molar-refractivity contribution in [1.29, 1.82) is 0 Å². The van der Waals surface area contributed by atoms with E-state index in [0.717, 1.165) is 60.4 Å². The molecule has 0 unspecified atom stereocenters. The first-order valence-corrected chi connectivity index (χ1v) is 12.1. The monoisotopic (exact) mass is 442 g/mol. The van der Waals surface area contributed by atoms with Gasteiger partial charge in [-0.2, -0.15) is 4.98 Å². The predicted molar refractivity (Wildman–Crippen MR) is 122 cm³/mol. The van der Waals surface area contributed by atoms with E-state index in [4.69, 9.17) is 14.6 Å². The summed E-state index contributed by atoms with van der Waals surface area (Å²) in [5.74, 6) is 3.14. The standard InChI is InChI=1S/C23H30N4O3S/c1-4-6-7-13-30-18-12-11-15(14-19(18)29-3)21-20-16(9-8-10-17(20)28)24-22-25-23(31-5-2)26-27(21)22/h11-12,14,21H,4-10,13H2,1-3H3,(H,24,25,26)/t21-/m1/s1. The van der Waals surface area contributed by atoms with E-state index in [1.807, 2.05) is 22.9 Å². The maximum absolute atomic E-state index is 13.0. The molecule has 1 aliphatic heterocycles. The Morgan fingerprint density at radius 1 is 1.23 bits per heavy atom. The first kappa shape index (κ1) is 21.7. The minimum atomic E-state index is -0.319. The summed E-state index contributed by atoms with van der Waals surface area (Å²) in [7, 11) is 1.65. The number of thioether (sulfide) groups is 1. The molecule has 2 aromatic rings. The number of carbonyl (C=O) groups is 1. The average Bonchev–Trinajstić information content (AvgIpc) is 3.18. The molecule has 1 aromatic heterocycles. The number of methoxy groups -OCH3 is 1. The van der Waals surface area contributed by atoms with Gasteiger partial charge in [0, 0.05) is 17.7 Å². The molecule has 31 heavy (non-hydrogen) atoms. The van der Waals surface area contributed by atoms with Gasteiger partial charge in [-0.1, -0.05) is 44.5 Å². The number of nitrogens with zero attached hydrogens (tertiary/aromatic N) is 3. The largest absolute Gasteiger partial charge is 0.493 e. The summed E-state index contributed by atoms with van der Waals surface area (Å²) in [6.45, 7) is 4.91. The van der Waals surface area contributed by atoms with E-state index in [0.29, 0.717) is 29.9 Å².